The van der Waals surface area contributed by atoms with Crippen LogP contribution in [0.1, 0.15) is 45.1 Å². The van der Waals surface area contributed by atoms with E-state index < -0.39 is 10.0 Å². The Hall–Kier alpha value is -0.910. The standard InChI is InChI=1S/C15H25NO3S/c1-3-4-6-13(2)16-20(18,19)15-10-8-14(9-11-15)7-5-12-17/h8-11,13,16-17H,3-7,12H2,1-2H3. The number of rotatable bonds is 9. The third kappa shape index (κ3) is 5.61. The van der Waals surface area contributed by atoms with Gasteiger partial charge in [-0.1, -0.05) is 31.9 Å². The molecule has 0 spiro atoms. The number of benzene rings is 1. The Kier molecular flexibility index (Phi) is 7.19. The van der Waals surface area contributed by atoms with Crippen molar-refractivity contribution in [3.05, 3.63) is 29.8 Å². The van der Waals surface area contributed by atoms with Gasteiger partial charge in [-0.15, -0.1) is 0 Å². The lowest BCUT2D eigenvalue weighted by atomic mass is 10.1. The fraction of sp³-hybridized carbons (Fsp3) is 0.600. The van der Waals surface area contributed by atoms with E-state index in [0.717, 1.165) is 31.2 Å². The van der Waals surface area contributed by atoms with Crippen LogP contribution < -0.4 is 4.72 Å². The summed E-state index contributed by atoms with van der Waals surface area (Å²) in [7, 11) is -3.43. The minimum atomic E-state index is -3.43. The molecule has 0 heterocycles. The summed E-state index contributed by atoms with van der Waals surface area (Å²) >= 11 is 0. The molecule has 1 unspecified atom stereocenters. The lowest BCUT2D eigenvalue weighted by Gasteiger charge is -2.14. The predicted octanol–water partition coefficient (Wildman–Crippen LogP) is 2.47. The minimum absolute atomic E-state index is 0.0472. The molecule has 0 saturated heterocycles. The van der Waals surface area contributed by atoms with Gasteiger partial charge in [0, 0.05) is 12.6 Å². The first-order valence-electron chi connectivity index (χ1n) is 7.21. The molecule has 114 valence electrons. The molecular weight excluding hydrogens is 274 g/mol. The number of nitrogens with one attached hydrogen (secondary N) is 1. The van der Waals surface area contributed by atoms with Crippen LogP contribution in [0.3, 0.4) is 0 Å². The normalized spacial score (nSPS) is 13.3. The largest absolute Gasteiger partial charge is 0.396 e. The fourth-order valence-corrected chi connectivity index (χ4v) is 3.30. The quantitative estimate of drug-likeness (QED) is 0.736. The van der Waals surface area contributed by atoms with Gasteiger partial charge in [-0.3, -0.25) is 0 Å². The highest BCUT2D eigenvalue weighted by atomic mass is 32.2. The van der Waals surface area contributed by atoms with Crippen LogP contribution in [0.5, 0.6) is 0 Å². The van der Waals surface area contributed by atoms with Gasteiger partial charge in [-0.25, -0.2) is 13.1 Å². The number of unbranched alkanes of at least 4 members (excludes halogenated alkanes) is 1. The Labute approximate surface area is 122 Å². The van der Waals surface area contributed by atoms with E-state index in [2.05, 4.69) is 11.6 Å². The van der Waals surface area contributed by atoms with Crippen molar-refractivity contribution in [3.63, 3.8) is 0 Å². The molecule has 5 heteroatoms. The van der Waals surface area contributed by atoms with Gasteiger partial charge in [0.25, 0.3) is 0 Å². The summed E-state index contributed by atoms with van der Waals surface area (Å²) in [6.45, 7) is 4.13. The molecule has 20 heavy (non-hydrogen) atoms. The molecule has 0 bridgehead atoms. The molecule has 1 aromatic carbocycles. The number of aliphatic hydroxyl groups is 1. The van der Waals surface area contributed by atoms with E-state index >= 15 is 0 Å². The maximum Gasteiger partial charge on any atom is 0.240 e. The van der Waals surface area contributed by atoms with Gasteiger partial charge >= 0.3 is 0 Å². The van der Waals surface area contributed by atoms with Gasteiger partial charge in [-0.05, 0) is 43.9 Å². The Morgan fingerprint density at radius 1 is 1.20 bits per heavy atom. The SMILES string of the molecule is CCCCC(C)NS(=O)(=O)c1ccc(CCCO)cc1. The molecular formula is C15H25NO3S. The molecule has 4 nitrogen and oxygen atoms in total. The van der Waals surface area contributed by atoms with Crippen molar-refractivity contribution in [2.45, 2.75) is 56.9 Å². The second kappa shape index (κ2) is 8.39. The van der Waals surface area contributed by atoms with E-state index in [1.54, 1.807) is 24.3 Å². The maximum absolute atomic E-state index is 12.2. The molecule has 0 fully saturated rings. The Morgan fingerprint density at radius 2 is 1.85 bits per heavy atom. The molecule has 1 rings (SSSR count). The van der Waals surface area contributed by atoms with Crippen LogP contribution in [-0.4, -0.2) is 26.2 Å². The predicted molar refractivity (Wildman–Crippen MR) is 81.2 cm³/mol. The third-order valence-electron chi connectivity index (χ3n) is 3.20. The maximum atomic E-state index is 12.2. The lowest BCUT2D eigenvalue weighted by molar-refractivity contribution is 0.288. The van der Waals surface area contributed by atoms with Gasteiger partial charge in [-0.2, -0.15) is 0 Å². The number of hydrogen-bond donors (Lipinski definition) is 2. The van der Waals surface area contributed by atoms with Crippen LogP contribution in [0.4, 0.5) is 0 Å². The fourth-order valence-electron chi connectivity index (χ4n) is 2.02. The van der Waals surface area contributed by atoms with E-state index in [4.69, 9.17) is 5.11 Å². The summed E-state index contributed by atoms with van der Waals surface area (Å²) in [5, 5.41) is 8.78. The molecule has 0 amide bonds. The summed E-state index contributed by atoms with van der Waals surface area (Å²) in [4.78, 5) is 0.300. The highest BCUT2D eigenvalue weighted by molar-refractivity contribution is 7.89. The Bertz CT molecular complexity index is 482. The summed E-state index contributed by atoms with van der Waals surface area (Å²) in [5.74, 6) is 0. The van der Waals surface area contributed by atoms with Gasteiger partial charge in [0.05, 0.1) is 4.90 Å². The average molecular weight is 299 g/mol. The topological polar surface area (TPSA) is 66.4 Å². The van der Waals surface area contributed by atoms with Crippen molar-refractivity contribution in [1.82, 2.24) is 4.72 Å². The molecule has 0 radical (unpaired) electrons. The van der Waals surface area contributed by atoms with Crippen LogP contribution in [0, 0.1) is 0 Å². The lowest BCUT2D eigenvalue weighted by Crippen LogP contribution is -2.32. The van der Waals surface area contributed by atoms with E-state index in [-0.39, 0.29) is 12.6 Å². The van der Waals surface area contributed by atoms with Crippen LogP contribution in [0.25, 0.3) is 0 Å². The van der Waals surface area contributed by atoms with Gasteiger partial charge < -0.3 is 5.11 Å². The first-order valence-corrected chi connectivity index (χ1v) is 8.70. The van der Waals surface area contributed by atoms with Crippen LogP contribution in [0.2, 0.25) is 0 Å². The van der Waals surface area contributed by atoms with Crippen LogP contribution in [-0.2, 0) is 16.4 Å². The summed E-state index contributed by atoms with van der Waals surface area (Å²) in [6, 6.07) is 6.82. The molecule has 0 aliphatic rings. The van der Waals surface area contributed by atoms with Crippen molar-refractivity contribution in [1.29, 1.82) is 0 Å². The zero-order valence-corrected chi connectivity index (χ0v) is 13.1. The van der Waals surface area contributed by atoms with Gasteiger partial charge in [0.2, 0.25) is 10.0 Å². The highest BCUT2D eigenvalue weighted by Crippen LogP contribution is 2.13. The zero-order valence-electron chi connectivity index (χ0n) is 12.3. The number of sulfonamides is 1. The van der Waals surface area contributed by atoms with E-state index in [1.807, 2.05) is 6.92 Å². The van der Waals surface area contributed by atoms with Crippen molar-refractivity contribution in [3.8, 4) is 0 Å². The van der Waals surface area contributed by atoms with Crippen molar-refractivity contribution in [2.24, 2.45) is 0 Å². The Morgan fingerprint density at radius 3 is 2.40 bits per heavy atom. The summed E-state index contributed by atoms with van der Waals surface area (Å²) in [6.07, 6.45) is 4.38. The summed E-state index contributed by atoms with van der Waals surface area (Å²) in [5.41, 5.74) is 1.04. The second-order valence-corrected chi connectivity index (χ2v) is 6.85. The van der Waals surface area contributed by atoms with E-state index in [9.17, 15) is 8.42 Å². The monoisotopic (exact) mass is 299 g/mol. The van der Waals surface area contributed by atoms with Crippen LogP contribution >= 0.6 is 0 Å². The molecule has 0 aromatic heterocycles. The average Bonchev–Trinajstić information content (AvgIpc) is 2.43. The smallest absolute Gasteiger partial charge is 0.240 e. The molecule has 1 aromatic rings. The van der Waals surface area contributed by atoms with Crippen molar-refractivity contribution < 1.29 is 13.5 Å². The highest BCUT2D eigenvalue weighted by Gasteiger charge is 2.16. The second-order valence-electron chi connectivity index (χ2n) is 5.14. The first-order chi connectivity index (χ1) is 9.49. The summed E-state index contributed by atoms with van der Waals surface area (Å²) < 4.78 is 27.1. The Balaban J connectivity index is 2.67. The van der Waals surface area contributed by atoms with E-state index in [0.29, 0.717) is 11.3 Å². The van der Waals surface area contributed by atoms with Gasteiger partial charge in [0.1, 0.15) is 0 Å². The molecule has 1 atom stereocenters. The minimum Gasteiger partial charge on any atom is -0.396 e. The van der Waals surface area contributed by atoms with Crippen LogP contribution in [0.15, 0.2) is 29.2 Å². The van der Waals surface area contributed by atoms with Crippen molar-refractivity contribution in [2.75, 3.05) is 6.61 Å². The third-order valence-corrected chi connectivity index (χ3v) is 4.81. The first kappa shape index (κ1) is 17.1. The molecule has 0 saturated carbocycles. The van der Waals surface area contributed by atoms with Crippen molar-refractivity contribution >= 4 is 10.0 Å². The molecule has 0 aliphatic carbocycles. The molecule has 2 N–H and O–H groups in total. The van der Waals surface area contributed by atoms with Gasteiger partial charge in [0.15, 0.2) is 0 Å². The molecule has 0 aliphatic heterocycles. The number of hydrogen-bond acceptors (Lipinski definition) is 3. The van der Waals surface area contributed by atoms with E-state index in [1.165, 1.54) is 0 Å². The number of aliphatic hydroxyl groups excluding tert-OH is 1. The number of aryl methyl sites for hydroxylation is 1. The zero-order chi connectivity index (χ0) is 15.0.